The molecule has 16 heavy (non-hydrogen) atoms. The zero-order valence-electron chi connectivity index (χ0n) is 9.09. The lowest BCUT2D eigenvalue weighted by molar-refractivity contribution is 0.795. The van der Waals surface area contributed by atoms with E-state index >= 15 is 0 Å². The molecule has 0 saturated carbocycles. The highest BCUT2D eigenvalue weighted by Crippen LogP contribution is 2.09. The Labute approximate surface area is 94.2 Å². The number of hydrogen-bond donors (Lipinski definition) is 0. The van der Waals surface area contributed by atoms with Gasteiger partial charge in [0.2, 0.25) is 0 Å². The van der Waals surface area contributed by atoms with Gasteiger partial charge in [0, 0.05) is 19.4 Å². The summed E-state index contributed by atoms with van der Waals surface area (Å²) in [6.07, 6.45) is 6.97. The van der Waals surface area contributed by atoms with E-state index in [2.05, 4.69) is 16.0 Å². The second-order valence-corrected chi connectivity index (χ2v) is 3.62. The molecular weight excluding hydrogens is 200 g/mol. The first-order valence-electron chi connectivity index (χ1n) is 5.10. The highest BCUT2D eigenvalue weighted by atomic mass is 15.0. The zero-order chi connectivity index (χ0) is 11.4. The van der Waals surface area contributed by atoms with Crippen molar-refractivity contribution in [2.75, 3.05) is 0 Å². The number of hydrogen-bond acceptors (Lipinski definition) is 3. The lowest BCUT2D eigenvalue weighted by Gasteiger charge is -2.02. The third-order valence-corrected chi connectivity index (χ3v) is 2.54. The molecule has 2 rings (SSSR count). The summed E-state index contributed by atoms with van der Waals surface area (Å²) in [6, 6.07) is 6.06. The summed E-state index contributed by atoms with van der Waals surface area (Å²) >= 11 is 0. The second kappa shape index (κ2) is 4.58. The molecule has 0 aliphatic rings. The number of aryl methyl sites for hydroxylation is 2. The summed E-state index contributed by atoms with van der Waals surface area (Å²) in [5, 5.41) is 8.89. The van der Waals surface area contributed by atoms with Gasteiger partial charge in [0.05, 0.1) is 12.0 Å². The van der Waals surface area contributed by atoms with Crippen LogP contribution in [0.1, 0.15) is 17.0 Å². The predicted octanol–water partition coefficient (Wildman–Crippen LogP) is 1.47. The summed E-state index contributed by atoms with van der Waals surface area (Å²) < 4.78 is 1.90. The first kappa shape index (κ1) is 10.4. The first-order chi connectivity index (χ1) is 7.81. The van der Waals surface area contributed by atoms with Crippen LogP contribution in [0.25, 0.3) is 0 Å². The molecule has 0 unspecified atom stereocenters. The van der Waals surface area contributed by atoms with E-state index in [1.165, 1.54) is 5.56 Å². The van der Waals surface area contributed by atoms with Gasteiger partial charge in [0.1, 0.15) is 6.07 Å². The molecule has 2 aromatic heterocycles. The fourth-order valence-corrected chi connectivity index (χ4v) is 1.65. The fraction of sp³-hybridized carbons (Fsp3) is 0.250. The van der Waals surface area contributed by atoms with Crippen molar-refractivity contribution in [2.45, 2.75) is 12.8 Å². The largest absolute Gasteiger partial charge is 0.336 e. The van der Waals surface area contributed by atoms with Crippen LogP contribution in [0.4, 0.5) is 0 Å². The van der Waals surface area contributed by atoms with Gasteiger partial charge in [-0.3, -0.25) is 4.98 Å². The maximum atomic E-state index is 8.89. The van der Waals surface area contributed by atoms with E-state index in [4.69, 9.17) is 5.26 Å². The maximum Gasteiger partial charge on any atom is 0.161 e. The smallest absolute Gasteiger partial charge is 0.161 e. The third-order valence-electron chi connectivity index (χ3n) is 2.54. The van der Waals surface area contributed by atoms with Crippen molar-refractivity contribution in [3.63, 3.8) is 0 Å². The number of pyridine rings is 1. The minimum absolute atomic E-state index is 0.520. The van der Waals surface area contributed by atoms with Crippen LogP contribution in [0.3, 0.4) is 0 Å². The van der Waals surface area contributed by atoms with Gasteiger partial charge in [-0.15, -0.1) is 0 Å². The first-order valence-corrected chi connectivity index (χ1v) is 5.10. The second-order valence-electron chi connectivity index (χ2n) is 3.62. The fourth-order valence-electron chi connectivity index (χ4n) is 1.65. The van der Waals surface area contributed by atoms with Gasteiger partial charge in [0.25, 0.3) is 0 Å². The molecule has 0 bridgehead atoms. The molecule has 0 aliphatic heterocycles. The van der Waals surface area contributed by atoms with Crippen LogP contribution in [-0.2, 0) is 19.9 Å². The topological polar surface area (TPSA) is 54.5 Å². The van der Waals surface area contributed by atoms with Gasteiger partial charge < -0.3 is 4.57 Å². The van der Waals surface area contributed by atoms with E-state index in [0.717, 1.165) is 18.5 Å². The molecule has 0 N–H and O–H groups in total. The van der Waals surface area contributed by atoms with Crippen molar-refractivity contribution in [3.8, 4) is 6.07 Å². The van der Waals surface area contributed by atoms with Gasteiger partial charge in [0.15, 0.2) is 5.69 Å². The van der Waals surface area contributed by atoms with Crippen LogP contribution < -0.4 is 0 Å². The van der Waals surface area contributed by atoms with Crippen molar-refractivity contribution >= 4 is 0 Å². The molecule has 4 nitrogen and oxygen atoms in total. The Morgan fingerprint density at radius 1 is 1.44 bits per heavy atom. The van der Waals surface area contributed by atoms with Gasteiger partial charge in [-0.2, -0.15) is 5.26 Å². The summed E-state index contributed by atoms with van der Waals surface area (Å²) in [5.74, 6) is 0. The molecule has 4 heteroatoms. The van der Waals surface area contributed by atoms with E-state index < -0.39 is 0 Å². The van der Waals surface area contributed by atoms with Gasteiger partial charge in [-0.1, -0.05) is 6.07 Å². The number of nitriles is 1. The molecule has 2 aromatic rings. The Bertz CT molecular complexity index is 508. The quantitative estimate of drug-likeness (QED) is 0.774. The molecule has 0 radical (unpaired) electrons. The van der Waals surface area contributed by atoms with E-state index in [1.54, 1.807) is 12.5 Å². The SMILES string of the molecule is Cn1cnc(C#N)c1CCc1cccnc1. The molecular formula is C12H12N4. The molecule has 0 spiro atoms. The molecule has 80 valence electrons. The lowest BCUT2D eigenvalue weighted by Crippen LogP contribution is -2.00. The van der Waals surface area contributed by atoms with Crippen molar-refractivity contribution in [1.82, 2.24) is 14.5 Å². The van der Waals surface area contributed by atoms with Crippen molar-refractivity contribution in [3.05, 3.63) is 47.8 Å². The molecule has 0 saturated heterocycles. The van der Waals surface area contributed by atoms with Crippen LogP contribution in [0, 0.1) is 11.3 Å². The summed E-state index contributed by atoms with van der Waals surface area (Å²) in [5.41, 5.74) is 2.67. The van der Waals surface area contributed by atoms with E-state index in [1.807, 2.05) is 29.9 Å². The Morgan fingerprint density at radius 3 is 3.00 bits per heavy atom. The highest BCUT2D eigenvalue weighted by Gasteiger charge is 2.07. The van der Waals surface area contributed by atoms with Crippen LogP contribution in [0.5, 0.6) is 0 Å². The number of imidazole rings is 1. The Hall–Kier alpha value is -2.15. The van der Waals surface area contributed by atoms with Crippen LogP contribution >= 0.6 is 0 Å². The minimum atomic E-state index is 0.520. The lowest BCUT2D eigenvalue weighted by atomic mass is 10.1. The molecule has 0 aromatic carbocycles. The molecule has 0 aliphatic carbocycles. The molecule has 2 heterocycles. The average Bonchev–Trinajstić information content (AvgIpc) is 2.69. The van der Waals surface area contributed by atoms with E-state index in [0.29, 0.717) is 5.69 Å². The molecule has 0 amide bonds. The highest BCUT2D eigenvalue weighted by molar-refractivity contribution is 5.27. The zero-order valence-corrected chi connectivity index (χ0v) is 9.09. The van der Waals surface area contributed by atoms with Crippen molar-refractivity contribution in [2.24, 2.45) is 7.05 Å². The van der Waals surface area contributed by atoms with Crippen LogP contribution in [-0.4, -0.2) is 14.5 Å². The average molecular weight is 212 g/mol. The van der Waals surface area contributed by atoms with Gasteiger partial charge in [-0.05, 0) is 24.5 Å². The summed E-state index contributed by atoms with van der Waals surface area (Å²) in [6.45, 7) is 0. The third kappa shape index (κ3) is 2.09. The molecule has 0 atom stereocenters. The number of rotatable bonds is 3. The maximum absolute atomic E-state index is 8.89. The number of nitrogens with zero attached hydrogens (tertiary/aromatic N) is 4. The van der Waals surface area contributed by atoms with Gasteiger partial charge >= 0.3 is 0 Å². The van der Waals surface area contributed by atoms with Crippen LogP contribution in [0.2, 0.25) is 0 Å². The predicted molar refractivity (Wildman–Crippen MR) is 59.6 cm³/mol. The standard InChI is InChI=1S/C12H12N4/c1-16-9-15-11(7-13)12(16)5-4-10-3-2-6-14-8-10/h2-3,6,8-9H,4-5H2,1H3. The minimum Gasteiger partial charge on any atom is -0.336 e. The summed E-state index contributed by atoms with van der Waals surface area (Å²) in [7, 11) is 1.91. The van der Waals surface area contributed by atoms with Crippen LogP contribution in [0.15, 0.2) is 30.9 Å². The number of aromatic nitrogens is 3. The van der Waals surface area contributed by atoms with E-state index in [9.17, 15) is 0 Å². The normalized spacial score (nSPS) is 10.0. The van der Waals surface area contributed by atoms with Gasteiger partial charge in [-0.25, -0.2) is 4.98 Å². The molecule has 0 fully saturated rings. The Kier molecular flexibility index (Phi) is 2.97. The Morgan fingerprint density at radius 2 is 2.31 bits per heavy atom. The summed E-state index contributed by atoms with van der Waals surface area (Å²) in [4.78, 5) is 8.09. The van der Waals surface area contributed by atoms with Crippen molar-refractivity contribution < 1.29 is 0 Å². The monoisotopic (exact) mass is 212 g/mol. The van der Waals surface area contributed by atoms with Crippen molar-refractivity contribution in [1.29, 1.82) is 5.26 Å². The van der Waals surface area contributed by atoms with E-state index in [-0.39, 0.29) is 0 Å². The Balaban J connectivity index is 2.11.